The van der Waals surface area contributed by atoms with Gasteiger partial charge in [-0.1, -0.05) is 6.07 Å². The predicted octanol–water partition coefficient (Wildman–Crippen LogP) is 1.58. The number of benzene rings is 1. The molecule has 2 fully saturated rings. The van der Waals surface area contributed by atoms with Crippen LogP contribution in [0.1, 0.15) is 24.8 Å². The van der Waals surface area contributed by atoms with Crippen LogP contribution in [0, 0.1) is 0 Å². The molecule has 0 aliphatic carbocycles. The molecular formula is C18H28N4O. The van der Waals surface area contributed by atoms with Crippen LogP contribution in [-0.2, 0) is 11.2 Å². The number of hydrogen-bond donors (Lipinski definition) is 1. The van der Waals surface area contributed by atoms with Crippen LogP contribution in [0.4, 0.5) is 11.4 Å². The van der Waals surface area contributed by atoms with Crippen LogP contribution in [-0.4, -0.2) is 62.0 Å². The van der Waals surface area contributed by atoms with E-state index in [-0.39, 0.29) is 5.91 Å². The number of nitrogens with zero attached hydrogens (tertiary/aromatic N) is 3. The lowest BCUT2D eigenvalue weighted by Gasteiger charge is -2.32. The standard InChI is InChI=1S/C18H28N4O/c1-20-10-12-22(13-11-20)18(23)7-5-15-4-6-17(16(19)14-15)21-8-2-3-9-21/h4,6,14H,2-3,5,7-13,19H2,1H3. The number of carbonyl (C=O) groups excluding carboxylic acids is 1. The molecule has 0 unspecified atom stereocenters. The third kappa shape index (κ3) is 3.96. The number of rotatable bonds is 4. The van der Waals surface area contributed by atoms with Crippen molar-refractivity contribution in [2.45, 2.75) is 25.7 Å². The van der Waals surface area contributed by atoms with Gasteiger partial charge in [-0.05, 0) is 44.0 Å². The van der Waals surface area contributed by atoms with Gasteiger partial charge >= 0.3 is 0 Å². The molecule has 0 saturated carbocycles. The fraction of sp³-hybridized carbons (Fsp3) is 0.611. The Morgan fingerprint density at radius 3 is 2.43 bits per heavy atom. The Kier molecular flexibility index (Phi) is 5.06. The van der Waals surface area contributed by atoms with Crippen molar-refractivity contribution in [2.24, 2.45) is 0 Å². The summed E-state index contributed by atoms with van der Waals surface area (Å²) in [6.07, 6.45) is 3.85. The van der Waals surface area contributed by atoms with Gasteiger partial charge in [-0.25, -0.2) is 0 Å². The van der Waals surface area contributed by atoms with Crippen LogP contribution in [0.3, 0.4) is 0 Å². The molecule has 2 aliphatic heterocycles. The molecule has 1 amide bonds. The number of nitrogen functional groups attached to an aromatic ring is 1. The summed E-state index contributed by atoms with van der Waals surface area (Å²) in [4.78, 5) is 18.9. The Morgan fingerprint density at radius 2 is 1.78 bits per heavy atom. The van der Waals surface area contributed by atoms with E-state index in [2.05, 4.69) is 29.0 Å². The van der Waals surface area contributed by atoms with Crippen LogP contribution < -0.4 is 10.6 Å². The number of carbonyl (C=O) groups is 1. The van der Waals surface area contributed by atoms with E-state index < -0.39 is 0 Å². The molecule has 1 aromatic rings. The molecule has 0 spiro atoms. The van der Waals surface area contributed by atoms with Gasteiger partial charge in [0.1, 0.15) is 0 Å². The van der Waals surface area contributed by atoms with Crippen LogP contribution in [0.15, 0.2) is 18.2 Å². The quantitative estimate of drug-likeness (QED) is 0.857. The number of anilines is 2. The molecule has 1 aromatic carbocycles. The summed E-state index contributed by atoms with van der Waals surface area (Å²) >= 11 is 0. The van der Waals surface area contributed by atoms with E-state index in [4.69, 9.17) is 5.73 Å². The normalized spacial score (nSPS) is 19.3. The summed E-state index contributed by atoms with van der Waals surface area (Å²) in [7, 11) is 2.10. The van der Waals surface area contributed by atoms with Gasteiger partial charge in [0, 0.05) is 45.7 Å². The van der Waals surface area contributed by atoms with Crippen molar-refractivity contribution in [1.29, 1.82) is 0 Å². The first kappa shape index (κ1) is 16.1. The summed E-state index contributed by atoms with van der Waals surface area (Å²) in [5.41, 5.74) is 9.38. The topological polar surface area (TPSA) is 52.8 Å². The van der Waals surface area contributed by atoms with Crippen LogP contribution in [0.25, 0.3) is 0 Å². The van der Waals surface area contributed by atoms with Gasteiger partial charge in [0.05, 0.1) is 11.4 Å². The summed E-state index contributed by atoms with van der Waals surface area (Å²) in [5, 5.41) is 0. The van der Waals surface area contributed by atoms with Gasteiger partial charge in [0.2, 0.25) is 5.91 Å². The molecule has 2 heterocycles. The van der Waals surface area contributed by atoms with Crippen molar-refractivity contribution >= 4 is 17.3 Å². The predicted molar refractivity (Wildman–Crippen MR) is 94.7 cm³/mol. The number of amides is 1. The first-order valence-corrected chi connectivity index (χ1v) is 8.73. The Balaban J connectivity index is 1.54. The number of piperazine rings is 1. The van der Waals surface area contributed by atoms with Gasteiger partial charge in [-0.15, -0.1) is 0 Å². The molecule has 2 aliphatic rings. The van der Waals surface area contributed by atoms with Crippen molar-refractivity contribution in [2.75, 3.05) is 56.9 Å². The van der Waals surface area contributed by atoms with E-state index in [0.29, 0.717) is 6.42 Å². The molecule has 0 atom stereocenters. The SMILES string of the molecule is CN1CCN(C(=O)CCc2ccc(N3CCCC3)c(N)c2)CC1. The van der Waals surface area contributed by atoms with E-state index in [0.717, 1.165) is 62.6 Å². The van der Waals surface area contributed by atoms with Crippen molar-refractivity contribution in [3.05, 3.63) is 23.8 Å². The molecule has 3 rings (SSSR count). The maximum Gasteiger partial charge on any atom is 0.222 e. The third-order valence-corrected chi connectivity index (χ3v) is 5.02. The Bertz CT molecular complexity index is 546. The van der Waals surface area contributed by atoms with Crippen molar-refractivity contribution < 1.29 is 4.79 Å². The van der Waals surface area contributed by atoms with Crippen molar-refractivity contribution in [3.63, 3.8) is 0 Å². The van der Waals surface area contributed by atoms with Gasteiger partial charge < -0.3 is 20.4 Å². The molecule has 0 bridgehead atoms. The van der Waals surface area contributed by atoms with Crippen LogP contribution >= 0.6 is 0 Å². The average Bonchev–Trinajstić information content (AvgIpc) is 3.07. The van der Waals surface area contributed by atoms with Gasteiger partial charge in [0.25, 0.3) is 0 Å². The molecule has 5 heteroatoms. The van der Waals surface area contributed by atoms with Gasteiger partial charge in [0.15, 0.2) is 0 Å². The minimum atomic E-state index is 0.264. The molecule has 0 aromatic heterocycles. The van der Waals surface area contributed by atoms with Crippen LogP contribution in [0.2, 0.25) is 0 Å². The number of likely N-dealkylation sites (N-methyl/N-ethyl adjacent to an activating group) is 1. The summed E-state index contributed by atoms with van der Waals surface area (Å²) in [6.45, 7) is 5.86. The highest BCUT2D eigenvalue weighted by Crippen LogP contribution is 2.28. The maximum absolute atomic E-state index is 12.3. The second-order valence-corrected chi connectivity index (χ2v) is 6.77. The smallest absolute Gasteiger partial charge is 0.222 e. The fourth-order valence-corrected chi connectivity index (χ4v) is 3.47. The Labute approximate surface area is 139 Å². The molecule has 5 nitrogen and oxygen atoms in total. The zero-order chi connectivity index (χ0) is 16.2. The van der Waals surface area contributed by atoms with Crippen molar-refractivity contribution in [1.82, 2.24) is 9.80 Å². The summed E-state index contributed by atoms with van der Waals surface area (Å²) < 4.78 is 0. The summed E-state index contributed by atoms with van der Waals surface area (Å²) in [6, 6.07) is 6.29. The van der Waals surface area contributed by atoms with E-state index in [1.807, 2.05) is 11.0 Å². The van der Waals surface area contributed by atoms with E-state index in [9.17, 15) is 4.79 Å². The van der Waals surface area contributed by atoms with Crippen LogP contribution in [0.5, 0.6) is 0 Å². The first-order valence-electron chi connectivity index (χ1n) is 8.73. The van der Waals surface area contributed by atoms with E-state index in [1.165, 1.54) is 12.8 Å². The molecular weight excluding hydrogens is 288 g/mol. The second kappa shape index (κ2) is 7.21. The zero-order valence-electron chi connectivity index (χ0n) is 14.1. The van der Waals surface area contributed by atoms with E-state index in [1.54, 1.807) is 0 Å². The molecule has 126 valence electrons. The number of aryl methyl sites for hydroxylation is 1. The minimum Gasteiger partial charge on any atom is -0.397 e. The highest BCUT2D eigenvalue weighted by Gasteiger charge is 2.19. The van der Waals surface area contributed by atoms with Gasteiger partial charge in [-0.3, -0.25) is 4.79 Å². The highest BCUT2D eigenvalue weighted by molar-refractivity contribution is 5.77. The van der Waals surface area contributed by atoms with Crippen molar-refractivity contribution in [3.8, 4) is 0 Å². The third-order valence-electron chi connectivity index (χ3n) is 5.02. The largest absolute Gasteiger partial charge is 0.397 e. The zero-order valence-corrected chi connectivity index (χ0v) is 14.1. The number of hydrogen-bond acceptors (Lipinski definition) is 4. The molecule has 23 heavy (non-hydrogen) atoms. The monoisotopic (exact) mass is 316 g/mol. The fourth-order valence-electron chi connectivity index (χ4n) is 3.47. The minimum absolute atomic E-state index is 0.264. The lowest BCUT2D eigenvalue weighted by atomic mass is 10.1. The molecule has 2 saturated heterocycles. The Morgan fingerprint density at radius 1 is 1.09 bits per heavy atom. The summed E-state index contributed by atoms with van der Waals surface area (Å²) in [5.74, 6) is 0.264. The highest BCUT2D eigenvalue weighted by atomic mass is 16.2. The van der Waals surface area contributed by atoms with Gasteiger partial charge in [-0.2, -0.15) is 0 Å². The second-order valence-electron chi connectivity index (χ2n) is 6.77. The number of nitrogens with two attached hydrogens (primary N) is 1. The lowest BCUT2D eigenvalue weighted by molar-refractivity contribution is -0.132. The average molecular weight is 316 g/mol. The molecule has 2 N–H and O–H groups in total. The van der Waals surface area contributed by atoms with E-state index >= 15 is 0 Å². The maximum atomic E-state index is 12.3. The Hall–Kier alpha value is -1.75. The molecule has 0 radical (unpaired) electrons. The lowest BCUT2D eigenvalue weighted by Crippen LogP contribution is -2.47. The first-order chi connectivity index (χ1) is 11.1.